The number of hydrogen-bond donors (Lipinski definition) is 1. The van der Waals surface area contributed by atoms with Gasteiger partial charge in [-0.25, -0.2) is 9.97 Å². The van der Waals surface area contributed by atoms with Crippen LogP contribution in [0.15, 0.2) is 28.5 Å². The number of nitrogens with one attached hydrogen (secondary N) is 1. The maximum absolute atomic E-state index is 6.31. The van der Waals surface area contributed by atoms with Crippen molar-refractivity contribution in [2.45, 2.75) is 12.1 Å². The van der Waals surface area contributed by atoms with Gasteiger partial charge in [-0.15, -0.1) is 0 Å². The number of ether oxygens (including phenoxy) is 2. The van der Waals surface area contributed by atoms with Crippen LogP contribution in [-0.2, 0) is 0 Å². The van der Waals surface area contributed by atoms with E-state index in [1.54, 1.807) is 38.8 Å². The Morgan fingerprint density at radius 2 is 2.12 bits per heavy atom. The lowest BCUT2D eigenvalue weighted by molar-refractivity contribution is 0.395. The standard InChI is InChI=1S/C16H19ClN4O2S/c1-5-18-15-10(9-20-16(21-15)24-4)8-19-12-6-11(22-2)7-13(23-3)14(12)17/h6-9H,5H2,1-4H3,(H,18,20,21)/b19-8+. The van der Waals surface area contributed by atoms with Gasteiger partial charge in [0.15, 0.2) is 5.16 Å². The Hall–Kier alpha value is -1.99. The number of rotatable bonds is 7. The number of hydrogen-bond acceptors (Lipinski definition) is 7. The summed E-state index contributed by atoms with van der Waals surface area (Å²) in [7, 11) is 3.13. The summed E-state index contributed by atoms with van der Waals surface area (Å²) in [6, 6.07) is 3.45. The van der Waals surface area contributed by atoms with Crippen LogP contribution in [0.25, 0.3) is 0 Å². The molecular weight excluding hydrogens is 348 g/mol. The summed E-state index contributed by atoms with van der Waals surface area (Å²) in [4.78, 5) is 13.2. The monoisotopic (exact) mass is 366 g/mol. The van der Waals surface area contributed by atoms with Gasteiger partial charge >= 0.3 is 0 Å². The van der Waals surface area contributed by atoms with Gasteiger partial charge in [-0.05, 0) is 13.2 Å². The summed E-state index contributed by atoms with van der Waals surface area (Å²) in [5, 5.41) is 4.32. The molecule has 1 aromatic carbocycles. The highest BCUT2D eigenvalue weighted by Gasteiger charge is 2.10. The maximum atomic E-state index is 6.31. The Kier molecular flexibility index (Phi) is 6.69. The van der Waals surface area contributed by atoms with E-state index >= 15 is 0 Å². The van der Waals surface area contributed by atoms with Gasteiger partial charge in [0.2, 0.25) is 0 Å². The summed E-state index contributed by atoms with van der Waals surface area (Å²) >= 11 is 7.79. The molecule has 0 amide bonds. The predicted molar refractivity (Wildman–Crippen MR) is 99.8 cm³/mol. The van der Waals surface area contributed by atoms with Gasteiger partial charge in [-0.2, -0.15) is 0 Å². The van der Waals surface area contributed by atoms with E-state index < -0.39 is 0 Å². The summed E-state index contributed by atoms with van der Waals surface area (Å²) in [5.74, 6) is 1.85. The molecule has 0 saturated carbocycles. The molecule has 0 aliphatic rings. The molecule has 0 aliphatic carbocycles. The van der Waals surface area contributed by atoms with Crippen molar-refractivity contribution in [3.8, 4) is 11.5 Å². The highest BCUT2D eigenvalue weighted by atomic mass is 35.5. The Morgan fingerprint density at radius 1 is 1.33 bits per heavy atom. The van der Waals surface area contributed by atoms with Gasteiger partial charge in [0.1, 0.15) is 22.3 Å². The van der Waals surface area contributed by atoms with Gasteiger partial charge in [-0.3, -0.25) is 4.99 Å². The Bertz CT molecular complexity index is 740. The molecule has 24 heavy (non-hydrogen) atoms. The number of benzene rings is 1. The lowest BCUT2D eigenvalue weighted by Crippen LogP contribution is -2.05. The zero-order valence-corrected chi connectivity index (χ0v) is 15.5. The van der Waals surface area contributed by atoms with Gasteiger partial charge < -0.3 is 14.8 Å². The second kappa shape index (κ2) is 8.75. The Labute approximate surface area is 150 Å². The fourth-order valence-corrected chi connectivity index (χ4v) is 2.51. The Balaban J connectivity index is 2.40. The predicted octanol–water partition coefficient (Wildman–Crippen LogP) is 4.05. The van der Waals surface area contributed by atoms with E-state index in [0.717, 1.165) is 17.9 Å². The molecule has 2 rings (SSSR count). The Morgan fingerprint density at radius 3 is 2.75 bits per heavy atom. The van der Waals surface area contributed by atoms with Gasteiger partial charge in [0, 0.05) is 31.1 Å². The smallest absolute Gasteiger partial charge is 0.189 e. The van der Waals surface area contributed by atoms with Crippen LogP contribution < -0.4 is 14.8 Å². The average molecular weight is 367 g/mol. The van der Waals surface area contributed by atoms with Crippen LogP contribution in [0.4, 0.5) is 11.5 Å². The van der Waals surface area contributed by atoms with Crippen molar-refractivity contribution in [2.75, 3.05) is 32.3 Å². The lowest BCUT2D eigenvalue weighted by Gasteiger charge is -2.09. The van der Waals surface area contributed by atoms with E-state index in [-0.39, 0.29) is 0 Å². The molecule has 0 aliphatic heterocycles. The molecule has 128 valence electrons. The van der Waals surface area contributed by atoms with E-state index in [4.69, 9.17) is 21.1 Å². The first-order valence-corrected chi connectivity index (χ1v) is 8.83. The molecule has 1 aromatic heterocycles. The molecule has 1 N–H and O–H groups in total. The van der Waals surface area contributed by atoms with Crippen LogP contribution in [0.5, 0.6) is 11.5 Å². The number of nitrogens with zero attached hydrogens (tertiary/aromatic N) is 3. The molecule has 0 fully saturated rings. The molecule has 0 saturated heterocycles. The fraction of sp³-hybridized carbons (Fsp3) is 0.312. The van der Waals surface area contributed by atoms with Crippen LogP contribution in [0.3, 0.4) is 0 Å². The van der Waals surface area contributed by atoms with Gasteiger partial charge in [0.05, 0.1) is 25.5 Å². The minimum atomic E-state index is 0.418. The first-order valence-electron chi connectivity index (χ1n) is 7.23. The second-order valence-corrected chi connectivity index (χ2v) is 5.76. The van der Waals surface area contributed by atoms with Crippen molar-refractivity contribution in [3.05, 3.63) is 28.9 Å². The van der Waals surface area contributed by atoms with E-state index in [0.29, 0.717) is 27.4 Å². The average Bonchev–Trinajstić information content (AvgIpc) is 2.61. The van der Waals surface area contributed by atoms with Gasteiger partial charge in [-0.1, -0.05) is 23.4 Å². The minimum absolute atomic E-state index is 0.418. The van der Waals surface area contributed by atoms with E-state index in [1.807, 2.05) is 13.2 Å². The normalized spacial score (nSPS) is 10.9. The van der Waals surface area contributed by atoms with Crippen molar-refractivity contribution in [3.63, 3.8) is 0 Å². The largest absolute Gasteiger partial charge is 0.497 e. The number of aliphatic imine (C=N–C) groups is 1. The number of anilines is 1. The molecule has 0 radical (unpaired) electrons. The summed E-state index contributed by atoms with van der Waals surface area (Å²) in [6.45, 7) is 2.75. The van der Waals surface area contributed by atoms with Crippen LogP contribution in [0.1, 0.15) is 12.5 Å². The number of halogens is 1. The molecule has 0 bridgehead atoms. The van der Waals surface area contributed by atoms with Crippen LogP contribution in [0.2, 0.25) is 5.02 Å². The third kappa shape index (κ3) is 4.30. The highest BCUT2D eigenvalue weighted by molar-refractivity contribution is 7.98. The molecular formula is C16H19ClN4O2S. The van der Waals surface area contributed by atoms with Crippen molar-refractivity contribution in [1.29, 1.82) is 0 Å². The van der Waals surface area contributed by atoms with Gasteiger partial charge in [0.25, 0.3) is 0 Å². The van der Waals surface area contributed by atoms with E-state index in [9.17, 15) is 0 Å². The van der Waals surface area contributed by atoms with Crippen molar-refractivity contribution < 1.29 is 9.47 Å². The first-order chi connectivity index (χ1) is 11.6. The van der Waals surface area contributed by atoms with Crippen molar-refractivity contribution in [2.24, 2.45) is 4.99 Å². The number of methoxy groups -OCH3 is 2. The summed E-state index contributed by atoms with van der Waals surface area (Å²) in [5.41, 5.74) is 1.32. The molecule has 0 spiro atoms. The lowest BCUT2D eigenvalue weighted by atomic mass is 10.2. The zero-order chi connectivity index (χ0) is 17.5. The van der Waals surface area contributed by atoms with Crippen LogP contribution in [-0.4, -0.2) is 43.2 Å². The fourth-order valence-electron chi connectivity index (χ4n) is 1.93. The summed E-state index contributed by atoms with van der Waals surface area (Å²) < 4.78 is 10.5. The number of aromatic nitrogens is 2. The molecule has 1 heterocycles. The third-order valence-corrected chi connectivity index (χ3v) is 4.06. The second-order valence-electron chi connectivity index (χ2n) is 4.61. The quantitative estimate of drug-likeness (QED) is 0.453. The molecule has 6 nitrogen and oxygen atoms in total. The van der Waals surface area contributed by atoms with Crippen LogP contribution >= 0.6 is 23.4 Å². The minimum Gasteiger partial charge on any atom is -0.497 e. The topological polar surface area (TPSA) is 68.6 Å². The van der Waals surface area contributed by atoms with Crippen LogP contribution in [0, 0.1) is 0 Å². The molecule has 8 heteroatoms. The van der Waals surface area contributed by atoms with Crippen molar-refractivity contribution >= 4 is 41.1 Å². The molecule has 0 unspecified atom stereocenters. The molecule has 0 atom stereocenters. The van der Waals surface area contributed by atoms with Crippen molar-refractivity contribution in [1.82, 2.24) is 9.97 Å². The zero-order valence-electron chi connectivity index (χ0n) is 14.0. The van der Waals surface area contributed by atoms with E-state index in [1.165, 1.54) is 11.8 Å². The highest BCUT2D eigenvalue weighted by Crippen LogP contribution is 2.38. The van der Waals surface area contributed by atoms with E-state index in [2.05, 4.69) is 20.3 Å². The molecule has 2 aromatic rings. The summed E-state index contributed by atoms with van der Waals surface area (Å²) in [6.07, 6.45) is 5.33. The maximum Gasteiger partial charge on any atom is 0.189 e. The first kappa shape index (κ1) is 18.4. The SMILES string of the molecule is CCNc1nc(SC)ncc1/C=N/c1cc(OC)cc(OC)c1Cl. The third-order valence-electron chi connectivity index (χ3n) is 3.11. The number of thioether (sulfide) groups is 1.